The van der Waals surface area contributed by atoms with Crippen LogP contribution in [0.2, 0.25) is 0 Å². The van der Waals surface area contributed by atoms with Crippen molar-refractivity contribution in [1.82, 2.24) is 20.5 Å². The first kappa shape index (κ1) is 34.1. The lowest BCUT2D eigenvalue weighted by Crippen LogP contribution is -2.46. The Kier molecular flexibility index (Phi) is 10.3. The predicted molar refractivity (Wildman–Crippen MR) is 183 cm³/mol. The van der Waals surface area contributed by atoms with Crippen LogP contribution >= 0.6 is 0 Å². The highest BCUT2D eigenvalue weighted by Crippen LogP contribution is 2.58. The number of aryl methyl sites for hydroxylation is 1. The molecule has 4 fully saturated rings. The zero-order chi connectivity index (χ0) is 34.7. The number of pyridine rings is 1. The van der Waals surface area contributed by atoms with Crippen LogP contribution in [0.25, 0.3) is 11.0 Å². The van der Waals surface area contributed by atoms with Gasteiger partial charge in [-0.3, -0.25) is 28.8 Å². The molecule has 1 aromatic carbocycles. The lowest BCUT2D eigenvalue weighted by atomic mass is 9.79. The molecule has 0 spiro atoms. The topological polar surface area (TPSA) is 169 Å². The number of rotatable bonds is 15. The van der Waals surface area contributed by atoms with Gasteiger partial charge in [-0.15, -0.1) is 0 Å². The fourth-order valence-corrected chi connectivity index (χ4v) is 8.27. The van der Waals surface area contributed by atoms with Crippen molar-refractivity contribution in [3.05, 3.63) is 64.3 Å². The molecule has 12 heteroatoms. The van der Waals surface area contributed by atoms with E-state index in [9.17, 15) is 28.8 Å². The summed E-state index contributed by atoms with van der Waals surface area (Å²) in [5.41, 5.74) is 0.415. The Bertz CT molecular complexity index is 1810. The third kappa shape index (κ3) is 7.47. The first-order valence-corrected chi connectivity index (χ1v) is 17.5. The molecule has 4 amide bonds. The normalized spacial score (nSPS) is 22.5. The molecule has 12 nitrogen and oxygen atoms in total. The van der Waals surface area contributed by atoms with Gasteiger partial charge in [-0.1, -0.05) is 38.0 Å². The van der Waals surface area contributed by atoms with Crippen LogP contribution < -0.4 is 26.8 Å². The number of furan rings is 1. The molecule has 4 bridgehead atoms. The SMILES string of the molecule is CCCCCNC(=O)C(=O)CC[C@H](NC(=O)c1oc2ccccc2c1C)C(=O)Nc1cccn(CC(=O)NC2C3CC4CC(C3)C2C4)c1=O. The second kappa shape index (κ2) is 14.8. The van der Waals surface area contributed by atoms with Gasteiger partial charge < -0.3 is 30.3 Å². The maximum atomic E-state index is 13.6. The van der Waals surface area contributed by atoms with E-state index in [0.29, 0.717) is 35.4 Å². The number of anilines is 1. The number of fused-ring (bicyclic) bond motifs is 1. The van der Waals surface area contributed by atoms with Crippen molar-refractivity contribution in [1.29, 1.82) is 0 Å². The Hall–Kier alpha value is -4.74. The summed E-state index contributed by atoms with van der Waals surface area (Å²) in [6.07, 6.45) is 8.33. The predicted octanol–water partition coefficient (Wildman–Crippen LogP) is 3.85. The highest BCUT2D eigenvalue weighted by atomic mass is 16.3. The third-order valence-electron chi connectivity index (χ3n) is 10.6. The molecule has 49 heavy (non-hydrogen) atoms. The molecule has 3 aromatic rings. The molecule has 2 aromatic heterocycles. The highest BCUT2D eigenvalue weighted by molar-refractivity contribution is 6.36. The number of amides is 4. The van der Waals surface area contributed by atoms with E-state index in [1.807, 2.05) is 19.1 Å². The van der Waals surface area contributed by atoms with E-state index in [-0.39, 0.29) is 42.8 Å². The number of para-hydroxylation sites is 1. The molecule has 0 aliphatic heterocycles. The molecule has 4 N–H and O–H groups in total. The smallest absolute Gasteiger partial charge is 0.287 e. The number of benzene rings is 1. The average Bonchev–Trinajstić information content (AvgIpc) is 3.66. The van der Waals surface area contributed by atoms with Crippen LogP contribution in [-0.2, 0) is 25.7 Å². The van der Waals surface area contributed by atoms with Gasteiger partial charge in [0.1, 0.15) is 23.9 Å². The fraction of sp³-hybridized carbons (Fsp3) is 0.514. The van der Waals surface area contributed by atoms with Gasteiger partial charge in [-0.25, -0.2) is 0 Å². The van der Waals surface area contributed by atoms with Crippen LogP contribution in [0, 0.1) is 30.6 Å². The van der Waals surface area contributed by atoms with Crippen LogP contribution in [0.15, 0.2) is 51.8 Å². The Morgan fingerprint density at radius 3 is 2.55 bits per heavy atom. The van der Waals surface area contributed by atoms with Crippen molar-refractivity contribution in [2.45, 2.75) is 90.3 Å². The molecule has 7 rings (SSSR count). The summed E-state index contributed by atoms with van der Waals surface area (Å²) in [6, 6.07) is 8.97. The molecular weight excluding hydrogens is 626 g/mol. The lowest BCUT2D eigenvalue weighted by Gasteiger charge is -2.32. The fourth-order valence-electron chi connectivity index (χ4n) is 8.27. The minimum absolute atomic E-state index is 0.00989. The van der Waals surface area contributed by atoms with Gasteiger partial charge in [0.05, 0.1) is 0 Å². The number of ketones is 1. The summed E-state index contributed by atoms with van der Waals surface area (Å²) in [6.45, 7) is 3.93. The van der Waals surface area contributed by atoms with Crippen LogP contribution in [0.4, 0.5) is 5.69 Å². The number of carbonyl (C=O) groups excluding carboxylic acids is 5. The Morgan fingerprint density at radius 1 is 0.980 bits per heavy atom. The number of hydrogen-bond donors (Lipinski definition) is 4. The maximum absolute atomic E-state index is 13.6. The van der Waals surface area contributed by atoms with Gasteiger partial charge in [0.25, 0.3) is 17.4 Å². The minimum Gasteiger partial charge on any atom is -0.451 e. The Balaban J connectivity index is 1.13. The van der Waals surface area contributed by atoms with E-state index in [2.05, 4.69) is 21.3 Å². The second-order valence-corrected chi connectivity index (χ2v) is 13.9. The van der Waals surface area contributed by atoms with Gasteiger partial charge in [0, 0.05) is 36.2 Å². The van der Waals surface area contributed by atoms with E-state index < -0.39 is 35.1 Å². The summed E-state index contributed by atoms with van der Waals surface area (Å²) in [7, 11) is 0. The van der Waals surface area contributed by atoms with Gasteiger partial charge in [0.2, 0.25) is 17.6 Å². The second-order valence-electron chi connectivity index (χ2n) is 13.9. The summed E-state index contributed by atoms with van der Waals surface area (Å²) < 4.78 is 7.02. The first-order chi connectivity index (χ1) is 23.6. The lowest BCUT2D eigenvalue weighted by molar-refractivity contribution is -0.138. The zero-order valence-electron chi connectivity index (χ0n) is 28.1. The number of nitrogens with zero attached hydrogens (tertiary/aromatic N) is 1. The molecule has 0 radical (unpaired) electrons. The van der Waals surface area contributed by atoms with E-state index in [1.54, 1.807) is 25.1 Å². The van der Waals surface area contributed by atoms with Crippen molar-refractivity contribution in [3.63, 3.8) is 0 Å². The Labute approximate surface area is 284 Å². The van der Waals surface area contributed by atoms with Gasteiger partial charge in [-0.2, -0.15) is 0 Å². The van der Waals surface area contributed by atoms with Gasteiger partial charge in [-0.05, 0) is 87.3 Å². The van der Waals surface area contributed by atoms with E-state index in [0.717, 1.165) is 49.8 Å². The molecule has 6 atom stereocenters. The van der Waals surface area contributed by atoms with Crippen LogP contribution in [0.5, 0.6) is 0 Å². The average molecular weight is 672 g/mol. The highest BCUT2D eigenvalue weighted by Gasteiger charge is 2.54. The molecule has 260 valence electrons. The van der Waals surface area contributed by atoms with E-state index in [1.165, 1.54) is 23.3 Å². The Morgan fingerprint density at radius 2 is 1.78 bits per heavy atom. The van der Waals surface area contributed by atoms with Crippen molar-refractivity contribution in [3.8, 4) is 0 Å². The molecule has 5 unspecified atom stereocenters. The molecule has 4 aliphatic rings. The largest absolute Gasteiger partial charge is 0.451 e. The van der Waals surface area contributed by atoms with Crippen molar-refractivity contribution >= 4 is 46.1 Å². The van der Waals surface area contributed by atoms with Crippen molar-refractivity contribution < 1.29 is 28.4 Å². The van der Waals surface area contributed by atoms with Gasteiger partial charge in [0.15, 0.2) is 5.76 Å². The summed E-state index contributed by atoms with van der Waals surface area (Å²) in [4.78, 5) is 78.6. The first-order valence-electron chi connectivity index (χ1n) is 17.5. The van der Waals surface area contributed by atoms with E-state index in [4.69, 9.17) is 4.42 Å². The molecule has 2 heterocycles. The zero-order valence-corrected chi connectivity index (χ0v) is 28.1. The third-order valence-corrected chi connectivity index (χ3v) is 10.6. The standard InChI is InChI=1S/C37H45N5O7/c1-3-4-7-14-38-35(46)29(43)13-12-27(39-36(47)33-21(2)25-9-5-6-11-30(25)49-33)34(45)40-28-10-8-15-42(37(28)48)20-31(44)41-32-24-17-22-16-23(19-24)26(32)18-22/h5-6,8-11,15,22-24,26-27,32H,3-4,7,12-14,16-20H2,1-2H3,(H,38,46)(H,39,47)(H,40,45)(H,41,44)/t22?,23?,24?,26?,27-,32?/m0/s1. The van der Waals surface area contributed by atoms with Crippen LogP contribution in [0.1, 0.15) is 80.8 Å². The number of carbonyl (C=O) groups is 5. The monoisotopic (exact) mass is 671 g/mol. The van der Waals surface area contributed by atoms with Crippen molar-refractivity contribution in [2.24, 2.45) is 23.7 Å². The molecule has 4 saturated carbocycles. The van der Waals surface area contributed by atoms with E-state index >= 15 is 0 Å². The van der Waals surface area contributed by atoms with Gasteiger partial charge >= 0.3 is 0 Å². The summed E-state index contributed by atoms with van der Waals surface area (Å²) >= 11 is 0. The number of aromatic nitrogens is 1. The number of nitrogens with one attached hydrogen (secondary N) is 4. The number of hydrogen-bond acceptors (Lipinski definition) is 7. The molecule has 4 aliphatic carbocycles. The number of Topliss-reactive ketones (excluding diaryl/α,β-unsaturated/α-hetero) is 1. The molecule has 0 saturated heterocycles. The minimum atomic E-state index is -1.29. The summed E-state index contributed by atoms with van der Waals surface area (Å²) in [5.74, 6) is -0.649. The summed E-state index contributed by atoms with van der Waals surface area (Å²) in [5, 5.41) is 11.8. The van der Waals surface area contributed by atoms with Crippen molar-refractivity contribution in [2.75, 3.05) is 11.9 Å². The van der Waals surface area contributed by atoms with Crippen LogP contribution in [0.3, 0.4) is 0 Å². The maximum Gasteiger partial charge on any atom is 0.287 e. The molecular formula is C37H45N5O7. The quantitative estimate of drug-likeness (QED) is 0.141. The number of unbranched alkanes of at least 4 members (excludes halogenated alkanes) is 2. The van der Waals surface area contributed by atoms with Crippen LogP contribution in [-0.4, -0.2) is 52.6 Å².